The zero-order valence-corrected chi connectivity index (χ0v) is 14.9. The molecule has 1 nitrogen and oxygen atoms in total. The summed E-state index contributed by atoms with van der Waals surface area (Å²) in [5, 5.41) is 8.69. The standard InChI is InChI=1S/C20H42O.CH4/c1-2-3-4-5-6-7-8-9-10-11-12-13-14-15-16-17-18-19-20-21;/h21H,2-20H2,1H3;1H4. The lowest BCUT2D eigenvalue weighted by Crippen LogP contribution is -1.85. The summed E-state index contributed by atoms with van der Waals surface area (Å²) in [6.45, 7) is 2.66. The minimum Gasteiger partial charge on any atom is -0.396 e. The van der Waals surface area contributed by atoms with E-state index in [9.17, 15) is 0 Å². The molecule has 1 heteroatoms. The van der Waals surface area contributed by atoms with E-state index in [0.717, 1.165) is 6.42 Å². The maximum Gasteiger partial charge on any atom is 0.0431 e. The maximum absolute atomic E-state index is 8.69. The predicted molar refractivity (Wildman–Crippen MR) is 103 cm³/mol. The first-order chi connectivity index (χ1) is 10.4. The summed E-state index contributed by atoms with van der Waals surface area (Å²) in [5.41, 5.74) is 0. The Hall–Kier alpha value is -0.0400. The third kappa shape index (κ3) is 22.2. The quantitative estimate of drug-likeness (QED) is 0.257. The number of unbranched alkanes of at least 4 members (excludes halogenated alkanes) is 17. The zero-order valence-electron chi connectivity index (χ0n) is 14.9. The van der Waals surface area contributed by atoms with Crippen LogP contribution in [0.1, 0.15) is 130 Å². The van der Waals surface area contributed by atoms with E-state index in [2.05, 4.69) is 6.92 Å². The molecule has 0 radical (unpaired) electrons. The van der Waals surface area contributed by atoms with Gasteiger partial charge in [-0.2, -0.15) is 0 Å². The van der Waals surface area contributed by atoms with Gasteiger partial charge >= 0.3 is 0 Å². The highest BCUT2D eigenvalue weighted by Crippen LogP contribution is 2.14. The summed E-state index contributed by atoms with van der Waals surface area (Å²) >= 11 is 0. The van der Waals surface area contributed by atoms with Crippen LogP contribution in [-0.4, -0.2) is 11.7 Å². The fourth-order valence-corrected chi connectivity index (χ4v) is 3.01. The summed E-state index contributed by atoms with van der Waals surface area (Å²) in [7, 11) is 0. The van der Waals surface area contributed by atoms with Crippen molar-refractivity contribution in [1.29, 1.82) is 0 Å². The molecule has 0 aromatic heterocycles. The van der Waals surface area contributed by atoms with Crippen molar-refractivity contribution in [3.8, 4) is 0 Å². The number of rotatable bonds is 18. The van der Waals surface area contributed by atoms with Crippen molar-refractivity contribution in [2.75, 3.05) is 6.61 Å². The largest absolute Gasteiger partial charge is 0.396 e. The summed E-state index contributed by atoms with van der Waals surface area (Å²) in [5.74, 6) is 0. The molecular weight excluding hydrogens is 268 g/mol. The van der Waals surface area contributed by atoms with Crippen LogP contribution >= 0.6 is 0 Å². The molecule has 0 aliphatic rings. The first kappa shape index (κ1) is 24.2. The molecule has 0 heterocycles. The minimum absolute atomic E-state index is 0. The highest BCUT2D eigenvalue weighted by molar-refractivity contribution is 4.50. The van der Waals surface area contributed by atoms with Gasteiger partial charge in [-0.1, -0.05) is 124 Å². The van der Waals surface area contributed by atoms with Crippen molar-refractivity contribution in [3.63, 3.8) is 0 Å². The van der Waals surface area contributed by atoms with Gasteiger partial charge in [-0.25, -0.2) is 0 Å². The molecule has 0 atom stereocenters. The molecule has 136 valence electrons. The van der Waals surface area contributed by atoms with E-state index in [-0.39, 0.29) is 7.43 Å². The lowest BCUT2D eigenvalue weighted by molar-refractivity contribution is 0.282. The molecule has 0 aliphatic heterocycles. The van der Waals surface area contributed by atoms with Crippen molar-refractivity contribution in [3.05, 3.63) is 0 Å². The molecule has 0 unspecified atom stereocenters. The average molecular weight is 315 g/mol. The van der Waals surface area contributed by atoms with Gasteiger partial charge in [-0.05, 0) is 6.42 Å². The summed E-state index contributed by atoms with van der Waals surface area (Å²) in [6, 6.07) is 0. The van der Waals surface area contributed by atoms with Gasteiger partial charge in [0.15, 0.2) is 0 Å². The van der Waals surface area contributed by atoms with Crippen molar-refractivity contribution in [2.24, 2.45) is 0 Å². The van der Waals surface area contributed by atoms with Crippen LogP contribution in [0.5, 0.6) is 0 Å². The van der Waals surface area contributed by atoms with Crippen molar-refractivity contribution in [2.45, 2.75) is 130 Å². The Bertz CT molecular complexity index is 149. The number of aliphatic hydroxyl groups is 1. The second-order valence-corrected chi connectivity index (χ2v) is 6.73. The van der Waals surface area contributed by atoms with Gasteiger partial charge in [0.25, 0.3) is 0 Å². The van der Waals surface area contributed by atoms with Crippen LogP contribution in [0.3, 0.4) is 0 Å². The summed E-state index contributed by atoms with van der Waals surface area (Å²) in [4.78, 5) is 0. The minimum atomic E-state index is 0. The van der Waals surface area contributed by atoms with Crippen LogP contribution in [0, 0.1) is 0 Å². The van der Waals surface area contributed by atoms with E-state index >= 15 is 0 Å². The Morgan fingerprint density at radius 2 is 0.636 bits per heavy atom. The Labute approximate surface area is 142 Å². The Morgan fingerprint density at radius 1 is 0.409 bits per heavy atom. The fraction of sp³-hybridized carbons (Fsp3) is 1.00. The van der Waals surface area contributed by atoms with E-state index in [1.165, 1.54) is 109 Å². The normalized spacial score (nSPS) is 10.6. The van der Waals surface area contributed by atoms with Gasteiger partial charge in [-0.3, -0.25) is 0 Å². The van der Waals surface area contributed by atoms with Crippen LogP contribution in [0.4, 0.5) is 0 Å². The SMILES string of the molecule is C.CCCCCCCCCCCCCCCCCCCCO. The third-order valence-electron chi connectivity index (χ3n) is 4.51. The highest BCUT2D eigenvalue weighted by Gasteiger charge is 1.94. The first-order valence-electron chi connectivity index (χ1n) is 10.0. The molecule has 0 amide bonds. The topological polar surface area (TPSA) is 20.2 Å². The van der Waals surface area contributed by atoms with Crippen molar-refractivity contribution in [1.82, 2.24) is 0 Å². The van der Waals surface area contributed by atoms with Gasteiger partial charge < -0.3 is 5.11 Å². The second kappa shape index (κ2) is 23.2. The summed E-state index contributed by atoms with van der Waals surface area (Å²) in [6.07, 6.45) is 25.1. The van der Waals surface area contributed by atoms with Crippen LogP contribution < -0.4 is 0 Å². The molecule has 0 saturated heterocycles. The monoisotopic (exact) mass is 314 g/mol. The zero-order chi connectivity index (χ0) is 15.4. The van der Waals surface area contributed by atoms with Gasteiger partial charge in [0.1, 0.15) is 0 Å². The van der Waals surface area contributed by atoms with E-state index in [1.54, 1.807) is 0 Å². The molecule has 22 heavy (non-hydrogen) atoms. The van der Waals surface area contributed by atoms with Gasteiger partial charge in [0.2, 0.25) is 0 Å². The van der Waals surface area contributed by atoms with E-state index in [4.69, 9.17) is 5.11 Å². The third-order valence-corrected chi connectivity index (χ3v) is 4.51. The summed E-state index contributed by atoms with van der Waals surface area (Å²) < 4.78 is 0. The van der Waals surface area contributed by atoms with E-state index in [0.29, 0.717) is 6.61 Å². The molecule has 0 saturated carbocycles. The average Bonchev–Trinajstić information content (AvgIpc) is 2.50. The first-order valence-corrected chi connectivity index (χ1v) is 10.0. The molecule has 0 spiro atoms. The smallest absolute Gasteiger partial charge is 0.0431 e. The number of aliphatic hydroxyl groups excluding tert-OH is 1. The van der Waals surface area contributed by atoms with E-state index in [1.807, 2.05) is 0 Å². The van der Waals surface area contributed by atoms with Crippen molar-refractivity contribution < 1.29 is 5.11 Å². The number of hydrogen-bond donors (Lipinski definition) is 1. The van der Waals surface area contributed by atoms with Crippen LogP contribution in [-0.2, 0) is 0 Å². The number of hydrogen-bond acceptors (Lipinski definition) is 1. The van der Waals surface area contributed by atoms with E-state index < -0.39 is 0 Å². The Morgan fingerprint density at radius 3 is 0.864 bits per heavy atom. The lowest BCUT2D eigenvalue weighted by atomic mass is 10.0. The molecule has 0 aromatic rings. The molecule has 0 aromatic carbocycles. The van der Waals surface area contributed by atoms with Gasteiger partial charge in [0, 0.05) is 6.61 Å². The maximum atomic E-state index is 8.69. The molecule has 0 bridgehead atoms. The highest BCUT2D eigenvalue weighted by atomic mass is 16.2. The molecular formula is C21H46O. The van der Waals surface area contributed by atoms with Crippen LogP contribution in [0.25, 0.3) is 0 Å². The molecule has 0 rings (SSSR count). The van der Waals surface area contributed by atoms with Crippen LogP contribution in [0.15, 0.2) is 0 Å². The molecule has 1 N–H and O–H groups in total. The lowest BCUT2D eigenvalue weighted by Gasteiger charge is -2.03. The molecule has 0 aliphatic carbocycles. The van der Waals surface area contributed by atoms with Gasteiger partial charge in [0.05, 0.1) is 0 Å². The Balaban J connectivity index is 0. The predicted octanol–water partition coefficient (Wildman–Crippen LogP) is 7.66. The van der Waals surface area contributed by atoms with Crippen molar-refractivity contribution >= 4 is 0 Å². The Kier molecular flexibility index (Phi) is 25.6. The van der Waals surface area contributed by atoms with Crippen LogP contribution in [0.2, 0.25) is 0 Å². The molecule has 0 fully saturated rings. The fourth-order valence-electron chi connectivity index (χ4n) is 3.01. The van der Waals surface area contributed by atoms with Gasteiger partial charge in [-0.15, -0.1) is 0 Å². The second-order valence-electron chi connectivity index (χ2n) is 6.73.